The average molecular weight is 128 g/mol. The van der Waals surface area contributed by atoms with Crippen molar-refractivity contribution in [1.29, 1.82) is 0 Å². The molecule has 0 N–H and O–H groups in total. The van der Waals surface area contributed by atoms with E-state index in [-0.39, 0.29) is 0 Å². The third-order valence-corrected chi connectivity index (χ3v) is 1.79. The summed E-state index contributed by atoms with van der Waals surface area (Å²) in [5.41, 5.74) is -0.694. The van der Waals surface area contributed by atoms with E-state index in [0.717, 1.165) is 12.6 Å². The molecule has 0 saturated carbocycles. The number of aldehydes is 2. The number of rotatable bonds is 4. The Morgan fingerprint density at radius 1 is 1.11 bits per heavy atom. The van der Waals surface area contributed by atoms with E-state index >= 15 is 0 Å². The van der Waals surface area contributed by atoms with Crippen LogP contribution in [0.1, 0.15) is 26.7 Å². The highest BCUT2D eigenvalue weighted by molar-refractivity contribution is 5.83. The van der Waals surface area contributed by atoms with E-state index in [1.54, 1.807) is 0 Å². The Hall–Kier alpha value is -0.660. The zero-order valence-corrected chi connectivity index (χ0v) is 5.89. The van der Waals surface area contributed by atoms with Gasteiger partial charge in [-0.05, 0) is 12.8 Å². The Morgan fingerprint density at radius 2 is 1.44 bits per heavy atom. The average Bonchev–Trinajstić information content (AvgIpc) is 1.95. The van der Waals surface area contributed by atoms with E-state index in [9.17, 15) is 9.59 Å². The zero-order valence-electron chi connectivity index (χ0n) is 5.89. The summed E-state index contributed by atoms with van der Waals surface area (Å²) in [4.78, 5) is 20.6. The molecule has 0 rings (SSSR count). The van der Waals surface area contributed by atoms with E-state index in [0.29, 0.717) is 12.8 Å². The highest BCUT2D eigenvalue weighted by atomic mass is 16.1. The predicted molar refractivity (Wildman–Crippen MR) is 35.1 cm³/mol. The van der Waals surface area contributed by atoms with Gasteiger partial charge in [-0.3, -0.25) is 0 Å². The first-order chi connectivity index (χ1) is 4.24. The Morgan fingerprint density at radius 3 is 1.44 bits per heavy atom. The summed E-state index contributed by atoms with van der Waals surface area (Å²) in [5.74, 6) is 0. The lowest BCUT2D eigenvalue weighted by atomic mass is 9.86. The molecule has 0 radical (unpaired) electrons. The molecule has 0 atom stereocenters. The molecule has 2 nitrogen and oxygen atoms in total. The molecular formula is C7H12O2. The molecule has 52 valence electrons. The Labute approximate surface area is 55.3 Å². The van der Waals surface area contributed by atoms with Gasteiger partial charge in [-0.1, -0.05) is 13.8 Å². The largest absolute Gasteiger partial charge is 0.302 e. The monoisotopic (exact) mass is 128 g/mol. The maximum Gasteiger partial charge on any atom is 0.133 e. The first-order valence-electron chi connectivity index (χ1n) is 3.17. The lowest BCUT2D eigenvalue weighted by Gasteiger charge is -2.14. The molecule has 0 unspecified atom stereocenters. The van der Waals surface area contributed by atoms with E-state index in [2.05, 4.69) is 0 Å². The van der Waals surface area contributed by atoms with Crippen molar-refractivity contribution in [3.05, 3.63) is 0 Å². The van der Waals surface area contributed by atoms with Crippen molar-refractivity contribution in [1.82, 2.24) is 0 Å². The molecule has 0 aromatic heterocycles. The van der Waals surface area contributed by atoms with Crippen LogP contribution in [0.3, 0.4) is 0 Å². The van der Waals surface area contributed by atoms with Gasteiger partial charge in [0.25, 0.3) is 0 Å². The number of hydrogen-bond acceptors (Lipinski definition) is 2. The third-order valence-electron chi connectivity index (χ3n) is 1.79. The van der Waals surface area contributed by atoms with Gasteiger partial charge >= 0.3 is 0 Å². The molecule has 0 aromatic carbocycles. The van der Waals surface area contributed by atoms with Crippen LogP contribution >= 0.6 is 0 Å². The fourth-order valence-electron chi connectivity index (χ4n) is 0.611. The van der Waals surface area contributed by atoms with Crippen LogP contribution in [0.15, 0.2) is 0 Å². The summed E-state index contributed by atoms with van der Waals surface area (Å²) in [6, 6.07) is 0. The van der Waals surface area contributed by atoms with Gasteiger partial charge in [0.1, 0.15) is 12.6 Å². The standard InChI is InChI=1S/C7H12O2/c1-3-7(4-2,5-8)6-9/h5-6H,3-4H2,1-2H3. The first kappa shape index (κ1) is 8.34. The minimum atomic E-state index is -0.694. The van der Waals surface area contributed by atoms with E-state index in [1.807, 2.05) is 13.8 Å². The molecule has 9 heavy (non-hydrogen) atoms. The van der Waals surface area contributed by atoms with Gasteiger partial charge in [-0.15, -0.1) is 0 Å². The molecule has 0 heterocycles. The van der Waals surface area contributed by atoms with E-state index in [4.69, 9.17) is 0 Å². The second-order valence-corrected chi connectivity index (χ2v) is 2.18. The minimum Gasteiger partial charge on any atom is -0.302 e. The van der Waals surface area contributed by atoms with Crippen LogP contribution in [0.2, 0.25) is 0 Å². The SMILES string of the molecule is CCC(C=O)(C=O)CC. The quantitative estimate of drug-likeness (QED) is 0.421. The van der Waals surface area contributed by atoms with Crippen LogP contribution < -0.4 is 0 Å². The molecule has 0 amide bonds. The molecule has 0 aliphatic rings. The predicted octanol–water partition coefficient (Wildman–Crippen LogP) is 1.19. The van der Waals surface area contributed by atoms with Gasteiger partial charge in [-0.25, -0.2) is 0 Å². The summed E-state index contributed by atoms with van der Waals surface area (Å²) in [7, 11) is 0. The fraction of sp³-hybridized carbons (Fsp3) is 0.714. The molecule has 0 spiro atoms. The molecule has 0 aliphatic carbocycles. The molecule has 2 heteroatoms. The first-order valence-corrected chi connectivity index (χ1v) is 3.17. The Balaban J connectivity index is 4.15. The van der Waals surface area contributed by atoms with Crippen molar-refractivity contribution in [2.75, 3.05) is 0 Å². The van der Waals surface area contributed by atoms with Crippen molar-refractivity contribution >= 4 is 12.6 Å². The topological polar surface area (TPSA) is 34.1 Å². The van der Waals surface area contributed by atoms with Gasteiger partial charge in [0, 0.05) is 0 Å². The van der Waals surface area contributed by atoms with Gasteiger partial charge in [-0.2, -0.15) is 0 Å². The maximum absolute atomic E-state index is 10.3. The summed E-state index contributed by atoms with van der Waals surface area (Å²) >= 11 is 0. The van der Waals surface area contributed by atoms with Gasteiger partial charge < -0.3 is 9.59 Å². The molecular weight excluding hydrogens is 116 g/mol. The second-order valence-electron chi connectivity index (χ2n) is 2.18. The minimum absolute atomic E-state index is 0.608. The maximum atomic E-state index is 10.3. The number of carbonyl (C=O) groups is 2. The van der Waals surface area contributed by atoms with Crippen LogP contribution in [0, 0.1) is 5.41 Å². The van der Waals surface area contributed by atoms with E-state index in [1.165, 1.54) is 0 Å². The van der Waals surface area contributed by atoms with Crippen molar-refractivity contribution in [2.24, 2.45) is 5.41 Å². The lowest BCUT2D eigenvalue weighted by Crippen LogP contribution is -2.21. The summed E-state index contributed by atoms with van der Waals surface area (Å²) < 4.78 is 0. The van der Waals surface area contributed by atoms with Gasteiger partial charge in [0.05, 0.1) is 5.41 Å². The zero-order chi connectivity index (χ0) is 7.33. The van der Waals surface area contributed by atoms with Gasteiger partial charge in [0.2, 0.25) is 0 Å². The van der Waals surface area contributed by atoms with Crippen molar-refractivity contribution < 1.29 is 9.59 Å². The molecule has 0 fully saturated rings. The third kappa shape index (κ3) is 1.63. The van der Waals surface area contributed by atoms with Crippen LogP contribution in [0.4, 0.5) is 0 Å². The molecule has 0 aromatic rings. The van der Waals surface area contributed by atoms with Crippen LogP contribution in [-0.4, -0.2) is 12.6 Å². The summed E-state index contributed by atoms with van der Waals surface area (Å²) in [6.07, 6.45) is 2.69. The Bertz CT molecular complexity index is 93.5. The summed E-state index contributed by atoms with van der Waals surface area (Å²) in [6.45, 7) is 3.68. The smallest absolute Gasteiger partial charge is 0.133 e. The van der Waals surface area contributed by atoms with E-state index < -0.39 is 5.41 Å². The highest BCUT2D eigenvalue weighted by Crippen LogP contribution is 2.19. The Kier molecular flexibility index (Phi) is 3.13. The molecule has 0 saturated heterocycles. The second kappa shape index (κ2) is 3.38. The summed E-state index contributed by atoms with van der Waals surface area (Å²) in [5, 5.41) is 0. The molecule has 0 aliphatic heterocycles. The normalized spacial score (nSPS) is 10.9. The highest BCUT2D eigenvalue weighted by Gasteiger charge is 2.23. The van der Waals surface area contributed by atoms with Gasteiger partial charge in [0.15, 0.2) is 0 Å². The van der Waals surface area contributed by atoms with Crippen molar-refractivity contribution in [3.8, 4) is 0 Å². The number of carbonyl (C=O) groups excluding carboxylic acids is 2. The van der Waals surface area contributed by atoms with Crippen LogP contribution in [-0.2, 0) is 9.59 Å². The van der Waals surface area contributed by atoms with Crippen LogP contribution in [0.5, 0.6) is 0 Å². The van der Waals surface area contributed by atoms with Crippen LogP contribution in [0.25, 0.3) is 0 Å². The molecule has 0 bridgehead atoms. The lowest BCUT2D eigenvalue weighted by molar-refractivity contribution is -0.126. The number of hydrogen-bond donors (Lipinski definition) is 0. The van der Waals surface area contributed by atoms with Crippen molar-refractivity contribution in [3.63, 3.8) is 0 Å². The van der Waals surface area contributed by atoms with Crippen molar-refractivity contribution in [2.45, 2.75) is 26.7 Å². The fourth-order valence-corrected chi connectivity index (χ4v) is 0.611.